The number of para-hydroxylation sites is 1. The molecule has 0 unspecified atom stereocenters. The number of benzene rings is 1. The quantitative estimate of drug-likeness (QED) is 0.806. The van der Waals surface area contributed by atoms with Crippen LogP contribution < -0.4 is 0 Å². The third-order valence-electron chi connectivity index (χ3n) is 4.48. The maximum atomic E-state index is 11.4. The van der Waals surface area contributed by atoms with Crippen LogP contribution in [-0.4, -0.2) is 39.1 Å². The van der Waals surface area contributed by atoms with Gasteiger partial charge in [-0.3, -0.25) is 4.79 Å². The van der Waals surface area contributed by atoms with Gasteiger partial charge in [-0.1, -0.05) is 18.2 Å². The molecule has 1 aromatic carbocycles. The van der Waals surface area contributed by atoms with E-state index in [0.717, 1.165) is 24.0 Å². The molecule has 1 aliphatic rings. The summed E-state index contributed by atoms with van der Waals surface area (Å²) < 4.78 is 5.84. The molecule has 1 atom stereocenters. The summed E-state index contributed by atoms with van der Waals surface area (Å²) in [5, 5.41) is 9.54. The predicted octanol–water partition coefficient (Wildman–Crippen LogP) is 2.48. The van der Waals surface area contributed by atoms with Crippen LogP contribution in [0.15, 0.2) is 34.9 Å². The molecule has 6 heteroatoms. The molecule has 0 aliphatic carbocycles. The van der Waals surface area contributed by atoms with Crippen LogP contribution >= 0.6 is 0 Å². The van der Waals surface area contributed by atoms with Crippen molar-refractivity contribution in [3.8, 4) is 0 Å². The van der Waals surface area contributed by atoms with Crippen LogP contribution in [0.1, 0.15) is 36.6 Å². The minimum atomic E-state index is 0.103. The number of carbonyl (C=O) groups is 1. The van der Waals surface area contributed by atoms with Crippen LogP contribution in [0.5, 0.6) is 0 Å². The van der Waals surface area contributed by atoms with Crippen LogP contribution in [0.2, 0.25) is 0 Å². The van der Waals surface area contributed by atoms with Gasteiger partial charge in [-0.25, -0.2) is 0 Å². The minimum Gasteiger partial charge on any atom is -0.425 e. The SMILES string of the molecule is CC(=O)N1CC[C@H](c2nnc(Cc3c[nH]c4ccccc34)o2)C1. The number of aromatic nitrogens is 3. The van der Waals surface area contributed by atoms with E-state index in [4.69, 9.17) is 4.42 Å². The number of nitrogens with one attached hydrogen (secondary N) is 1. The van der Waals surface area contributed by atoms with Gasteiger partial charge in [0.2, 0.25) is 17.7 Å². The number of hydrogen-bond acceptors (Lipinski definition) is 4. The summed E-state index contributed by atoms with van der Waals surface area (Å²) >= 11 is 0. The van der Waals surface area contributed by atoms with Gasteiger partial charge in [0.05, 0.1) is 12.3 Å². The highest BCUT2D eigenvalue weighted by Gasteiger charge is 2.29. The molecule has 1 N–H and O–H groups in total. The van der Waals surface area contributed by atoms with Gasteiger partial charge in [-0.15, -0.1) is 10.2 Å². The van der Waals surface area contributed by atoms with Crippen LogP contribution in [0.3, 0.4) is 0 Å². The number of rotatable bonds is 3. The zero-order valence-electron chi connectivity index (χ0n) is 13.0. The molecule has 2 aromatic heterocycles. The number of fused-ring (bicyclic) bond motifs is 1. The monoisotopic (exact) mass is 310 g/mol. The standard InChI is InChI=1S/C17H18N4O2/c1-11(22)21-7-6-12(10-21)17-20-19-16(23-17)8-13-9-18-15-5-3-2-4-14(13)15/h2-5,9,12,18H,6-8,10H2,1H3/t12-/m0/s1. The van der Waals surface area contributed by atoms with Gasteiger partial charge in [0.1, 0.15) is 0 Å². The van der Waals surface area contributed by atoms with Crippen molar-refractivity contribution in [3.05, 3.63) is 47.8 Å². The van der Waals surface area contributed by atoms with E-state index in [2.05, 4.69) is 21.2 Å². The number of nitrogens with zero attached hydrogens (tertiary/aromatic N) is 3. The number of carbonyl (C=O) groups excluding carboxylic acids is 1. The third-order valence-corrected chi connectivity index (χ3v) is 4.48. The molecular weight excluding hydrogens is 292 g/mol. The molecule has 0 radical (unpaired) electrons. The molecule has 0 bridgehead atoms. The highest BCUT2D eigenvalue weighted by molar-refractivity contribution is 5.83. The molecule has 1 aliphatic heterocycles. The molecule has 0 spiro atoms. The third kappa shape index (κ3) is 2.60. The van der Waals surface area contributed by atoms with Gasteiger partial charge in [0.15, 0.2) is 0 Å². The van der Waals surface area contributed by atoms with Gasteiger partial charge in [-0.05, 0) is 18.1 Å². The summed E-state index contributed by atoms with van der Waals surface area (Å²) in [4.78, 5) is 16.5. The molecule has 118 valence electrons. The van der Waals surface area contributed by atoms with E-state index in [0.29, 0.717) is 24.7 Å². The van der Waals surface area contributed by atoms with Gasteiger partial charge in [0, 0.05) is 37.1 Å². The van der Waals surface area contributed by atoms with E-state index in [9.17, 15) is 4.79 Å². The van der Waals surface area contributed by atoms with Crippen molar-refractivity contribution in [2.75, 3.05) is 13.1 Å². The lowest BCUT2D eigenvalue weighted by Gasteiger charge is -2.11. The number of H-pyrrole nitrogens is 1. The number of hydrogen-bond donors (Lipinski definition) is 1. The van der Waals surface area contributed by atoms with Gasteiger partial charge in [-0.2, -0.15) is 0 Å². The normalized spacial score (nSPS) is 18.0. The Hall–Kier alpha value is -2.63. The number of aromatic amines is 1. The topological polar surface area (TPSA) is 75.0 Å². The zero-order chi connectivity index (χ0) is 15.8. The Kier molecular flexibility index (Phi) is 3.37. The first-order valence-corrected chi connectivity index (χ1v) is 7.83. The average molecular weight is 310 g/mol. The molecule has 1 saturated heterocycles. The average Bonchev–Trinajstić information content (AvgIpc) is 3.26. The van der Waals surface area contributed by atoms with E-state index < -0.39 is 0 Å². The van der Waals surface area contributed by atoms with Gasteiger partial charge < -0.3 is 14.3 Å². The first kappa shape index (κ1) is 14.0. The minimum absolute atomic E-state index is 0.103. The molecule has 3 heterocycles. The summed E-state index contributed by atoms with van der Waals surface area (Å²) in [7, 11) is 0. The lowest BCUT2D eigenvalue weighted by molar-refractivity contribution is -0.127. The number of likely N-dealkylation sites (tertiary alicyclic amines) is 1. The van der Waals surface area contributed by atoms with Crippen molar-refractivity contribution in [1.29, 1.82) is 0 Å². The van der Waals surface area contributed by atoms with Crippen LogP contribution in [0.4, 0.5) is 0 Å². The molecule has 6 nitrogen and oxygen atoms in total. The summed E-state index contributed by atoms with van der Waals surface area (Å²) in [6, 6.07) is 8.16. The van der Waals surface area contributed by atoms with Crippen LogP contribution in [0.25, 0.3) is 10.9 Å². The predicted molar refractivity (Wildman–Crippen MR) is 85.0 cm³/mol. The summed E-state index contributed by atoms with van der Waals surface area (Å²) in [5.41, 5.74) is 2.25. The Bertz CT molecular complexity index is 851. The van der Waals surface area contributed by atoms with Crippen molar-refractivity contribution in [2.45, 2.75) is 25.7 Å². The second-order valence-corrected chi connectivity index (χ2v) is 6.02. The highest BCUT2D eigenvalue weighted by atomic mass is 16.4. The smallest absolute Gasteiger partial charge is 0.221 e. The van der Waals surface area contributed by atoms with E-state index in [1.807, 2.05) is 29.3 Å². The van der Waals surface area contributed by atoms with Crippen molar-refractivity contribution in [3.63, 3.8) is 0 Å². The summed E-state index contributed by atoms with van der Waals surface area (Å²) in [6.07, 6.45) is 3.48. The lowest BCUT2D eigenvalue weighted by atomic mass is 10.1. The summed E-state index contributed by atoms with van der Waals surface area (Å²) in [5.74, 6) is 1.52. The van der Waals surface area contributed by atoms with E-state index >= 15 is 0 Å². The molecule has 4 rings (SSSR count). The fourth-order valence-corrected chi connectivity index (χ4v) is 3.19. The Morgan fingerprint density at radius 2 is 2.26 bits per heavy atom. The van der Waals surface area contributed by atoms with E-state index in [1.54, 1.807) is 6.92 Å². The Morgan fingerprint density at radius 3 is 3.09 bits per heavy atom. The maximum Gasteiger partial charge on any atom is 0.221 e. The van der Waals surface area contributed by atoms with E-state index in [-0.39, 0.29) is 11.8 Å². The fraction of sp³-hybridized carbons (Fsp3) is 0.353. The largest absolute Gasteiger partial charge is 0.425 e. The van der Waals surface area contributed by atoms with Gasteiger partial charge in [0.25, 0.3) is 0 Å². The Balaban J connectivity index is 1.51. The second-order valence-electron chi connectivity index (χ2n) is 6.02. The van der Waals surface area contributed by atoms with Crippen molar-refractivity contribution < 1.29 is 9.21 Å². The zero-order valence-corrected chi connectivity index (χ0v) is 13.0. The van der Waals surface area contributed by atoms with Crippen molar-refractivity contribution >= 4 is 16.8 Å². The Morgan fingerprint density at radius 1 is 1.39 bits per heavy atom. The van der Waals surface area contributed by atoms with Crippen molar-refractivity contribution in [2.24, 2.45) is 0 Å². The second kappa shape index (κ2) is 5.53. The Labute approximate surface area is 133 Å². The van der Waals surface area contributed by atoms with Gasteiger partial charge >= 0.3 is 0 Å². The van der Waals surface area contributed by atoms with Crippen LogP contribution in [0, 0.1) is 0 Å². The summed E-state index contributed by atoms with van der Waals surface area (Å²) in [6.45, 7) is 3.03. The first-order chi connectivity index (χ1) is 11.2. The van der Waals surface area contributed by atoms with Crippen LogP contribution in [-0.2, 0) is 11.2 Å². The van der Waals surface area contributed by atoms with Crippen molar-refractivity contribution in [1.82, 2.24) is 20.1 Å². The maximum absolute atomic E-state index is 11.4. The molecule has 0 saturated carbocycles. The highest BCUT2D eigenvalue weighted by Crippen LogP contribution is 2.27. The fourth-order valence-electron chi connectivity index (χ4n) is 3.19. The molecule has 23 heavy (non-hydrogen) atoms. The number of amides is 1. The lowest BCUT2D eigenvalue weighted by Crippen LogP contribution is -2.25. The molecular formula is C17H18N4O2. The van der Waals surface area contributed by atoms with E-state index in [1.165, 1.54) is 5.39 Å². The molecule has 1 amide bonds. The molecule has 3 aromatic rings. The molecule has 1 fully saturated rings. The first-order valence-electron chi connectivity index (χ1n) is 7.83.